The predicted octanol–water partition coefficient (Wildman–Crippen LogP) is 2.11. The van der Waals surface area contributed by atoms with Gasteiger partial charge in [-0.3, -0.25) is 4.79 Å². The van der Waals surface area contributed by atoms with E-state index < -0.39 is 10.0 Å². The fraction of sp³-hybridized carbons (Fsp3) is 0.588. The van der Waals surface area contributed by atoms with Gasteiger partial charge in [0.2, 0.25) is 10.0 Å². The fourth-order valence-corrected chi connectivity index (χ4v) is 5.90. The van der Waals surface area contributed by atoms with Gasteiger partial charge in [0.15, 0.2) is 0 Å². The number of amides is 1. The Kier molecular flexibility index (Phi) is 5.91. The van der Waals surface area contributed by atoms with E-state index in [0.717, 1.165) is 37.2 Å². The van der Waals surface area contributed by atoms with Crippen LogP contribution in [0.2, 0.25) is 0 Å². The van der Waals surface area contributed by atoms with E-state index in [1.54, 1.807) is 17.8 Å². The van der Waals surface area contributed by atoms with Crippen LogP contribution in [-0.4, -0.2) is 56.4 Å². The first-order valence-corrected chi connectivity index (χ1v) is 11.2. The van der Waals surface area contributed by atoms with Crippen molar-refractivity contribution in [3.63, 3.8) is 0 Å². The number of methoxy groups -OCH3 is 1. The molecule has 8 heteroatoms. The molecule has 1 N–H and O–H groups in total. The van der Waals surface area contributed by atoms with E-state index in [0.29, 0.717) is 18.8 Å². The summed E-state index contributed by atoms with van der Waals surface area (Å²) in [5.74, 6) is 1.72. The third-order valence-corrected chi connectivity index (χ3v) is 7.55. The zero-order chi connectivity index (χ0) is 17.9. The number of hydrogen-bond donors (Lipinski definition) is 1. The van der Waals surface area contributed by atoms with E-state index in [9.17, 15) is 13.2 Å². The van der Waals surface area contributed by atoms with Crippen molar-refractivity contribution in [3.05, 3.63) is 23.8 Å². The minimum atomic E-state index is -3.59. The van der Waals surface area contributed by atoms with Gasteiger partial charge in [0.05, 0.1) is 17.6 Å². The molecule has 138 valence electrons. The minimum absolute atomic E-state index is 0.150. The van der Waals surface area contributed by atoms with Gasteiger partial charge >= 0.3 is 0 Å². The lowest BCUT2D eigenvalue weighted by molar-refractivity contribution is 0.0934. The van der Waals surface area contributed by atoms with Crippen molar-refractivity contribution in [3.8, 4) is 5.75 Å². The first-order valence-electron chi connectivity index (χ1n) is 8.59. The molecule has 1 saturated carbocycles. The van der Waals surface area contributed by atoms with Crippen molar-refractivity contribution < 1.29 is 17.9 Å². The van der Waals surface area contributed by atoms with Gasteiger partial charge in [0.1, 0.15) is 5.75 Å². The van der Waals surface area contributed by atoms with Crippen molar-refractivity contribution >= 4 is 27.7 Å². The summed E-state index contributed by atoms with van der Waals surface area (Å²) in [5, 5.41) is 3.00. The molecule has 0 radical (unpaired) electrons. The first kappa shape index (κ1) is 18.5. The molecule has 0 aromatic heterocycles. The Bertz CT molecular complexity index is 724. The van der Waals surface area contributed by atoms with Gasteiger partial charge in [0.25, 0.3) is 5.91 Å². The quantitative estimate of drug-likeness (QED) is 0.841. The summed E-state index contributed by atoms with van der Waals surface area (Å²) in [7, 11) is -2.10. The van der Waals surface area contributed by atoms with E-state index in [4.69, 9.17) is 4.74 Å². The molecule has 1 amide bonds. The largest absolute Gasteiger partial charge is 0.496 e. The van der Waals surface area contributed by atoms with Crippen LogP contribution in [0.3, 0.4) is 0 Å². The maximum atomic E-state index is 12.9. The average Bonchev–Trinajstić information content (AvgIpc) is 3.14. The van der Waals surface area contributed by atoms with Crippen molar-refractivity contribution in [2.45, 2.75) is 36.6 Å². The highest BCUT2D eigenvalue weighted by Crippen LogP contribution is 2.27. The molecule has 1 saturated heterocycles. The van der Waals surface area contributed by atoms with Gasteiger partial charge < -0.3 is 10.1 Å². The molecule has 2 fully saturated rings. The molecule has 1 aromatic rings. The Morgan fingerprint density at radius 3 is 2.56 bits per heavy atom. The second-order valence-electron chi connectivity index (χ2n) is 6.33. The highest BCUT2D eigenvalue weighted by Gasteiger charge is 2.28. The standard InChI is InChI=1S/C17H24N2O4S2/c1-23-16-7-6-14(25(21,22)19-8-10-24-11-9-19)12-15(16)17(20)18-13-4-2-3-5-13/h6-7,12-13H,2-5,8-11H2,1H3,(H,18,20). The molecule has 1 aliphatic heterocycles. The van der Waals surface area contributed by atoms with Crippen LogP contribution < -0.4 is 10.1 Å². The predicted molar refractivity (Wildman–Crippen MR) is 98.8 cm³/mol. The number of carbonyl (C=O) groups is 1. The molecule has 1 aromatic carbocycles. The Labute approximate surface area is 153 Å². The SMILES string of the molecule is COc1ccc(S(=O)(=O)N2CCSCC2)cc1C(=O)NC1CCCC1. The zero-order valence-electron chi connectivity index (χ0n) is 14.4. The third kappa shape index (κ3) is 4.12. The number of benzene rings is 1. The van der Waals surface area contributed by atoms with Crippen LogP contribution in [0.25, 0.3) is 0 Å². The van der Waals surface area contributed by atoms with Crippen LogP contribution in [0.5, 0.6) is 5.75 Å². The Balaban J connectivity index is 1.87. The number of rotatable bonds is 5. The lowest BCUT2D eigenvalue weighted by atomic mass is 10.1. The molecule has 2 aliphatic rings. The van der Waals surface area contributed by atoms with Gasteiger partial charge in [-0.2, -0.15) is 16.1 Å². The monoisotopic (exact) mass is 384 g/mol. The van der Waals surface area contributed by atoms with Crippen molar-refractivity contribution in [1.82, 2.24) is 9.62 Å². The van der Waals surface area contributed by atoms with E-state index in [1.165, 1.54) is 23.5 Å². The molecular formula is C17H24N2O4S2. The number of carbonyl (C=O) groups excluding carboxylic acids is 1. The van der Waals surface area contributed by atoms with Gasteiger partial charge in [-0.1, -0.05) is 12.8 Å². The van der Waals surface area contributed by atoms with E-state index >= 15 is 0 Å². The molecule has 25 heavy (non-hydrogen) atoms. The van der Waals surface area contributed by atoms with Gasteiger partial charge in [-0.15, -0.1) is 0 Å². The Morgan fingerprint density at radius 2 is 1.92 bits per heavy atom. The maximum Gasteiger partial charge on any atom is 0.255 e. The number of nitrogens with one attached hydrogen (secondary N) is 1. The van der Waals surface area contributed by atoms with Crippen molar-refractivity contribution in [2.75, 3.05) is 31.7 Å². The summed E-state index contributed by atoms with van der Waals surface area (Å²) in [6.45, 7) is 1.01. The summed E-state index contributed by atoms with van der Waals surface area (Å²) in [6, 6.07) is 4.69. The van der Waals surface area contributed by atoms with Crippen LogP contribution >= 0.6 is 11.8 Å². The summed E-state index contributed by atoms with van der Waals surface area (Å²) in [6.07, 6.45) is 4.17. The first-order chi connectivity index (χ1) is 12.0. The molecular weight excluding hydrogens is 360 g/mol. The van der Waals surface area contributed by atoms with Crippen LogP contribution in [0.4, 0.5) is 0 Å². The lowest BCUT2D eigenvalue weighted by Crippen LogP contribution is -2.38. The molecule has 1 aliphatic carbocycles. The minimum Gasteiger partial charge on any atom is -0.496 e. The lowest BCUT2D eigenvalue weighted by Gasteiger charge is -2.26. The highest BCUT2D eigenvalue weighted by molar-refractivity contribution is 7.99. The number of nitrogens with zero attached hydrogens (tertiary/aromatic N) is 1. The number of sulfonamides is 1. The normalized spacial score (nSPS) is 19.7. The van der Waals surface area contributed by atoms with Crippen LogP contribution in [0, 0.1) is 0 Å². The van der Waals surface area contributed by atoms with E-state index in [1.807, 2.05) is 0 Å². The second kappa shape index (κ2) is 7.97. The summed E-state index contributed by atoms with van der Waals surface area (Å²) >= 11 is 1.75. The number of ether oxygens (including phenoxy) is 1. The summed E-state index contributed by atoms with van der Waals surface area (Å²) in [5.41, 5.74) is 0.279. The smallest absolute Gasteiger partial charge is 0.255 e. The highest BCUT2D eigenvalue weighted by atomic mass is 32.2. The van der Waals surface area contributed by atoms with E-state index in [2.05, 4.69) is 5.32 Å². The molecule has 0 bridgehead atoms. The number of hydrogen-bond acceptors (Lipinski definition) is 5. The van der Waals surface area contributed by atoms with Gasteiger partial charge in [-0.25, -0.2) is 8.42 Å². The molecule has 0 unspecified atom stereocenters. The van der Waals surface area contributed by atoms with Gasteiger partial charge in [0, 0.05) is 30.6 Å². The molecule has 3 rings (SSSR count). The molecule has 6 nitrogen and oxygen atoms in total. The molecule has 0 atom stereocenters. The topological polar surface area (TPSA) is 75.7 Å². The van der Waals surface area contributed by atoms with Crippen LogP contribution in [-0.2, 0) is 10.0 Å². The zero-order valence-corrected chi connectivity index (χ0v) is 16.0. The van der Waals surface area contributed by atoms with Crippen molar-refractivity contribution in [1.29, 1.82) is 0 Å². The van der Waals surface area contributed by atoms with E-state index in [-0.39, 0.29) is 22.4 Å². The Morgan fingerprint density at radius 1 is 1.24 bits per heavy atom. The summed E-state index contributed by atoms with van der Waals surface area (Å²) < 4.78 is 32.5. The Hall–Kier alpha value is -1.25. The van der Waals surface area contributed by atoms with Crippen molar-refractivity contribution in [2.24, 2.45) is 0 Å². The molecule has 1 heterocycles. The second-order valence-corrected chi connectivity index (χ2v) is 9.50. The van der Waals surface area contributed by atoms with Crippen LogP contribution in [0.1, 0.15) is 36.0 Å². The van der Waals surface area contributed by atoms with Gasteiger partial charge in [-0.05, 0) is 31.0 Å². The van der Waals surface area contributed by atoms with Crippen LogP contribution in [0.15, 0.2) is 23.1 Å². The summed E-state index contributed by atoms with van der Waals surface area (Å²) in [4.78, 5) is 12.8. The average molecular weight is 385 g/mol. The fourth-order valence-electron chi connectivity index (χ4n) is 3.29. The third-order valence-electron chi connectivity index (χ3n) is 4.71. The number of thioether (sulfide) groups is 1. The maximum absolute atomic E-state index is 12.9. The molecule has 0 spiro atoms.